The number of rotatable bonds is 6. The average Bonchev–Trinajstić information content (AvgIpc) is 2.62. The fraction of sp³-hybridized carbons (Fsp3) is 0.364. The molecule has 0 heterocycles. The summed E-state index contributed by atoms with van der Waals surface area (Å²) >= 11 is 5.53. The fourth-order valence-corrected chi connectivity index (χ4v) is 3.28. The molecule has 2 aromatic rings. The number of thiocarbonyl (C=S) groups is 1. The van der Waals surface area contributed by atoms with Crippen molar-refractivity contribution in [1.82, 2.24) is 5.32 Å². The van der Waals surface area contributed by atoms with E-state index in [0.717, 1.165) is 17.7 Å². The quantitative estimate of drug-likeness (QED) is 0.528. The van der Waals surface area contributed by atoms with Gasteiger partial charge in [0, 0.05) is 5.69 Å². The van der Waals surface area contributed by atoms with Gasteiger partial charge in [0.2, 0.25) is 0 Å². The predicted molar refractivity (Wildman–Crippen MR) is 115 cm³/mol. The highest BCUT2D eigenvalue weighted by atomic mass is 32.1. The van der Waals surface area contributed by atoms with E-state index in [9.17, 15) is 4.79 Å². The number of nitrogens with one attached hydrogen (secondary N) is 2. The summed E-state index contributed by atoms with van der Waals surface area (Å²) in [5, 5.41) is 7.16. The van der Waals surface area contributed by atoms with Crippen LogP contribution in [0, 0.1) is 20.8 Å². The Morgan fingerprint density at radius 3 is 2.44 bits per heavy atom. The number of aryl methyl sites for hydroxylation is 3. The van der Waals surface area contributed by atoms with E-state index in [1.54, 1.807) is 19.1 Å². The molecule has 1 atom stereocenters. The zero-order chi connectivity index (χ0) is 20.0. The molecule has 2 rings (SSSR count). The molecule has 0 saturated carbocycles. The fourth-order valence-electron chi connectivity index (χ4n) is 3.03. The first-order valence-corrected chi connectivity index (χ1v) is 9.69. The molecule has 0 saturated heterocycles. The smallest absolute Gasteiger partial charge is 0.338 e. The van der Waals surface area contributed by atoms with E-state index in [-0.39, 0.29) is 12.0 Å². The van der Waals surface area contributed by atoms with Crippen molar-refractivity contribution >= 4 is 29.0 Å². The van der Waals surface area contributed by atoms with Gasteiger partial charge in [-0.15, -0.1) is 0 Å². The molecule has 0 bridgehead atoms. The van der Waals surface area contributed by atoms with Crippen LogP contribution in [-0.2, 0) is 4.74 Å². The van der Waals surface area contributed by atoms with Crippen LogP contribution in [-0.4, -0.2) is 17.7 Å². The van der Waals surface area contributed by atoms with E-state index < -0.39 is 0 Å². The predicted octanol–water partition coefficient (Wildman–Crippen LogP) is 5.23. The molecule has 0 radical (unpaired) electrons. The van der Waals surface area contributed by atoms with Crippen molar-refractivity contribution in [2.45, 2.75) is 47.1 Å². The highest BCUT2D eigenvalue weighted by Gasteiger charge is 2.14. The maximum Gasteiger partial charge on any atom is 0.338 e. The van der Waals surface area contributed by atoms with Gasteiger partial charge in [0.05, 0.1) is 18.2 Å². The maximum absolute atomic E-state index is 12.0. The topological polar surface area (TPSA) is 50.4 Å². The standard InChI is InChI=1S/C22H28N2O2S/c1-6-19(18-11-8-14(3)12-16(18)5)23-22(27)24-20-13-17(10-9-15(20)4)21(25)26-7-2/h8-13,19H,6-7H2,1-5H3,(H2,23,24,27). The molecule has 0 amide bonds. The molecule has 5 heteroatoms. The van der Waals surface area contributed by atoms with E-state index in [2.05, 4.69) is 49.6 Å². The Morgan fingerprint density at radius 1 is 1.07 bits per heavy atom. The van der Waals surface area contributed by atoms with Crippen LogP contribution in [0.25, 0.3) is 0 Å². The van der Waals surface area contributed by atoms with Crippen LogP contribution >= 0.6 is 12.2 Å². The number of hydrogen-bond donors (Lipinski definition) is 2. The van der Waals surface area contributed by atoms with Crippen LogP contribution in [0.2, 0.25) is 0 Å². The average molecular weight is 385 g/mol. The number of ether oxygens (including phenoxy) is 1. The van der Waals surface area contributed by atoms with Gasteiger partial charge in [-0.3, -0.25) is 0 Å². The third-order valence-electron chi connectivity index (χ3n) is 4.51. The highest BCUT2D eigenvalue weighted by molar-refractivity contribution is 7.80. The van der Waals surface area contributed by atoms with E-state index in [4.69, 9.17) is 17.0 Å². The lowest BCUT2D eigenvalue weighted by atomic mass is 9.98. The molecule has 4 nitrogen and oxygen atoms in total. The normalized spacial score (nSPS) is 11.6. The van der Waals surface area contributed by atoms with Gasteiger partial charge in [-0.1, -0.05) is 36.8 Å². The summed E-state index contributed by atoms with van der Waals surface area (Å²) in [5.74, 6) is -0.332. The van der Waals surface area contributed by atoms with Crippen molar-refractivity contribution in [3.8, 4) is 0 Å². The first-order valence-electron chi connectivity index (χ1n) is 9.28. The lowest BCUT2D eigenvalue weighted by Gasteiger charge is -2.22. The molecule has 144 valence electrons. The second-order valence-electron chi connectivity index (χ2n) is 6.67. The number of anilines is 1. The first kappa shape index (κ1) is 20.9. The highest BCUT2D eigenvalue weighted by Crippen LogP contribution is 2.23. The van der Waals surface area contributed by atoms with E-state index in [1.807, 2.05) is 13.0 Å². The van der Waals surface area contributed by atoms with Crippen molar-refractivity contribution in [2.75, 3.05) is 11.9 Å². The lowest BCUT2D eigenvalue weighted by Crippen LogP contribution is -2.32. The Hall–Kier alpha value is -2.40. The Balaban J connectivity index is 2.14. The van der Waals surface area contributed by atoms with Crippen LogP contribution in [0.15, 0.2) is 36.4 Å². The van der Waals surface area contributed by atoms with Gasteiger partial charge in [0.25, 0.3) is 0 Å². The van der Waals surface area contributed by atoms with Gasteiger partial charge in [-0.25, -0.2) is 4.79 Å². The minimum absolute atomic E-state index is 0.124. The van der Waals surface area contributed by atoms with Gasteiger partial charge in [-0.05, 0) is 75.2 Å². The third-order valence-corrected chi connectivity index (χ3v) is 4.73. The minimum atomic E-state index is -0.332. The number of carbonyl (C=O) groups excluding carboxylic acids is 1. The van der Waals surface area contributed by atoms with Crippen LogP contribution in [0.3, 0.4) is 0 Å². The molecule has 2 aromatic carbocycles. The van der Waals surface area contributed by atoms with E-state index in [0.29, 0.717) is 17.3 Å². The third kappa shape index (κ3) is 5.54. The van der Waals surface area contributed by atoms with Crippen molar-refractivity contribution < 1.29 is 9.53 Å². The molecular weight excluding hydrogens is 356 g/mol. The molecule has 2 N–H and O–H groups in total. The number of esters is 1. The van der Waals surface area contributed by atoms with Crippen LogP contribution in [0.5, 0.6) is 0 Å². The van der Waals surface area contributed by atoms with Crippen molar-refractivity contribution in [3.05, 3.63) is 64.2 Å². The second-order valence-corrected chi connectivity index (χ2v) is 7.08. The first-order chi connectivity index (χ1) is 12.8. The number of hydrogen-bond acceptors (Lipinski definition) is 3. The monoisotopic (exact) mass is 384 g/mol. The second kappa shape index (κ2) is 9.51. The largest absolute Gasteiger partial charge is 0.462 e. The van der Waals surface area contributed by atoms with Crippen molar-refractivity contribution in [2.24, 2.45) is 0 Å². The van der Waals surface area contributed by atoms with Crippen molar-refractivity contribution in [1.29, 1.82) is 0 Å². The summed E-state index contributed by atoms with van der Waals surface area (Å²) in [6.07, 6.45) is 0.910. The van der Waals surface area contributed by atoms with Crippen LogP contribution < -0.4 is 10.6 Å². The zero-order valence-corrected chi connectivity index (χ0v) is 17.5. The summed E-state index contributed by atoms with van der Waals surface area (Å²) in [7, 11) is 0. The SMILES string of the molecule is CCOC(=O)c1ccc(C)c(NC(=S)NC(CC)c2ccc(C)cc2C)c1. The number of benzene rings is 2. The van der Waals surface area contributed by atoms with Crippen molar-refractivity contribution in [3.63, 3.8) is 0 Å². The Bertz CT molecular complexity index is 833. The Labute approximate surface area is 167 Å². The van der Waals surface area contributed by atoms with E-state index >= 15 is 0 Å². The molecule has 0 fully saturated rings. The molecule has 1 unspecified atom stereocenters. The summed E-state index contributed by atoms with van der Waals surface area (Å²) in [6, 6.07) is 12.0. The summed E-state index contributed by atoms with van der Waals surface area (Å²) in [4.78, 5) is 12.0. The molecule has 0 aromatic heterocycles. The Kier molecular flexibility index (Phi) is 7.36. The molecule has 0 spiro atoms. The Morgan fingerprint density at radius 2 is 1.81 bits per heavy atom. The molecule has 0 aliphatic heterocycles. The summed E-state index contributed by atoms with van der Waals surface area (Å²) in [5.41, 5.74) is 6.05. The maximum atomic E-state index is 12.0. The molecule has 0 aliphatic carbocycles. The number of carbonyl (C=O) groups is 1. The minimum Gasteiger partial charge on any atom is -0.462 e. The van der Waals surface area contributed by atoms with Crippen LogP contribution in [0.1, 0.15) is 58.9 Å². The van der Waals surface area contributed by atoms with Gasteiger partial charge in [0.15, 0.2) is 5.11 Å². The van der Waals surface area contributed by atoms with E-state index in [1.165, 1.54) is 16.7 Å². The van der Waals surface area contributed by atoms with Gasteiger partial charge in [0.1, 0.15) is 0 Å². The molecule has 0 aliphatic rings. The summed E-state index contributed by atoms with van der Waals surface area (Å²) < 4.78 is 5.08. The van der Waals surface area contributed by atoms with Gasteiger partial charge < -0.3 is 15.4 Å². The molecular formula is C22H28N2O2S. The van der Waals surface area contributed by atoms with Gasteiger partial charge >= 0.3 is 5.97 Å². The lowest BCUT2D eigenvalue weighted by molar-refractivity contribution is 0.0526. The molecule has 27 heavy (non-hydrogen) atoms. The van der Waals surface area contributed by atoms with Gasteiger partial charge in [-0.2, -0.15) is 0 Å². The van der Waals surface area contributed by atoms with Crippen LogP contribution in [0.4, 0.5) is 5.69 Å². The summed E-state index contributed by atoms with van der Waals surface area (Å²) in [6.45, 7) is 10.5. The zero-order valence-electron chi connectivity index (χ0n) is 16.7.